The van der Waals surface area contributed by atoms with Crippen LogP contribution in [0.15, 0.2) is 88.7 Å². The van der Waals surface area contributed by atoms with E-state index in [1.807, 2.05) is 6.07 Å². The standard InChI is InChI=1S/C25H25ClN2O6S2/c26-20-9-11-22(12-10-20)36(33,34)27-14-13-19-7-4-8-21(15-19)35(32)17-24(29)28-23(25(30)31)16-18-5-2-1-3-6-18/h1-12,15,23,27H,13-14,16-17H2,(H,28,29)(H,30,31)/t23-,35?/m0/s1. The third-order valence-electron chi connectivity index (χ3n) is 5.17. The quantitative estimate of drug-likeness (QED) is 0.319. The Morgan fingerprint density at radius 3 is 2.28 bits per heavy atom. The fraction of sp³-hybridized carbons (Fsp3) is 0.200. The van der Waals surface area contributed by atoms with Crippen molar-refractivity contribution in [1.82, 2.24) is 10.0 Å². The highest BCUT2D eigenvalue weighted by atomic mass is 35.5. The Morgan fingerprint density at radius 1 is 0.944 bits per heavy atom. The topological polar surface area (TPSA) is 130 Å². The molecule has 36 heavy (non-hydrogen) atoms. The van der Waals surface area contributed by atoms with E-state index in [2.05, 4.69) is 10.0 Å². The number of carboxylic acid groups (broad SMARTS) is 1. The first-order valence-corrected chi connectivity index (χ1v) is 14.1. The zero-order valence-electron chi connectivity index (χ0n) is 19.1. The van der Waals surface area contributed by atoms with Gasteiger partial charge in [-0.25, -0.2) is 17.9 Å². The van der Waals surface area contributed by atoms with Gasteiger partial charge < -0.3 is 10.4 Å². The first-order chi connectivity index (χ1) is 17.1. The fourth-order valence-corrected chi connectivity index (χ4v) is 5.52. The maximum atomic E-state index is 12.7. The van der Waals surface area contributed by atoms with Gasteiger partial charge in [-0.1, -0.05) is 54.1 Å². The number of sulfonamides is 1. The van der Waals surface area contributed by atoms with E-state index in [-0.39, 0.29) is 17.9 Å². The van der Waals surface area contributed by atoms with E-state index in [1.165, 1.54) is 24.3 Å². The van der Waals surface area contributed by atoms with E-state index in [0.717, 1.165) is 11.1 Å². The number of benzene rings is 3. The number of aliphatic carboxylic acids is 1. The summed E-state index contributed by atoms with van der Waals surface area (Å²) in [6, 6.07) is 20.2. The lowest BCUT2D eigenvalue weighted by molar-refractivity contribution is -0.141. The van der Waals surface area contributed by atoms with Gasteiger partial charge in [0.25, 0.3) is 0 Å². The lowest BCUT2D eigenvalue weighted by Gasteiger charge is -2.14. The molecule has 0 aliphatic rings. The predicted octanol–water partition coefficient (Wildman–Crippen LogP) is 2.78. The minimum atomic E-state index is -3.70. The van der Waals surface area contributed by atoms with Gasteiger partial charge in [-0.3, -0.25) is 9.00 Å². The summed E-state index contributed by atoms with van der Waals surface area (Å²) in [5, 5.41) is 12.3. The number of carboxylic acids is 1. The van der Waals surface area contributed by atoms with Crippen LogP contribution in [0.5, 0.6) is 0 Å². The number of halogens is 1. The van der Waals surface area contributed by atoms with Gasteiger partial charge in [0.15, 0.2) is 0 Å². The van der Waals surface area contributed by atoms with Crippen LogP contribution in [0.3, 0.4) is 0 Å². The third kappa shape index (κ3) is 8.27. The molecule has 0 radical (unpaired) electrons. The summed E-state index contributed by atoms with van der Waals surface area (Å²) in [5.74, 6) is -2.22. The van der Waals surface area contributed by atoms with E-state index < -0.39 is 44.5 Å². The van der Waals surface area contributed by atoms with Crippen LogP contribution in [0.4, 0.5) is 0 Å². The molecular weight excluding hydrogens is 524 g/mol. The van der Waals surface area contributed by atoms with Crippen molar-refractivity contribution in [3.8, 4) is 0 Å². The highest BCUT2D eigenvalue weighted by Gasteiger charge is 2.22. The van der Waals surface area contributed by atoms with Gasteiger partial charge >= 0.3 is 5.97 Å². The van der Waals surface area contributed by atoms with Crippen molar-refractivity contribution < 1.29 is 27.3 Å². The molecule has 0 aliphatic carbocycles. The SMILES string of the molecule is O=C(CS(=O)c1cccc(CCNS(=O)(=O)c2ccc(Cl)cc2)c1)N[C@@H](Cc1ccccc1)C(=O)O. The van der Waals surface area contributed by atoms with Gasteiger partial charge in [0, 0.05) is 22.9 Å². The summed E-state index contributed by atoms with van der Waals surface area (Å²) in [4.78, 5) is 24.5. The highest BCUT2D eigenvalue weighted by Crippen LogP contribution is 2.15. The molecule has 0 spiro atoms. The molecule has 0 saturated carbocycles. The summed E-state index contributed by atoms with van der Waals surface area (Å²) in [6.07, 6.45) is 0.443. The van der Waals surface area contributed by atoms with E-state index in [1.54, 1.807) is 48.5 Å². The Balaban J connectivity index is 1.55. The Hall–Kier alpha value is -3.05. The number of nitrogens with one attached hydrogen (secondary N) is 2. The predicted molar refractivity (Wildman–Crippen MR) is 138 cm³/mol. The molecule has 0 fully saturated rings. The zero-order valence-corrected chi connectivity index (χ0v) is 21.5. The molecular formula is C25H25ClN2O6S2. The van der Waals surface area contributed by atoms with Crippen molar-refractivity contribution in [2.45, 2.75) is 28.7 Å². The minimum Gasteiger partial charge on any atom is -0.480 e. The number of hydrogen-bond donors (Lipinski definition) is 3. The zero-order chi connectivity index (χ0) is 26.1. The molecule has 190 valence electrons. The molecule has 8 nitrogen and oxygen atoms in total. The number of rotatable bonds is 12. The molecule has 3 N–H and O–H groups in total. The smallest absolute Gasteiger partial charge is 0.326 e. The average molecular weight is 549 g/mol. The van der Waals surface area contributed by atoms with Gasteiger partial charge in [0.2, 0.25) is 15.9 Å². The lowest BCUT2D eigenvalue weighted by atomic mass is 10.1. The molecule has 0 aliphatic heterocycles. The van der Waals surface area contributed by atoms with Crippen LogP contribution in [0, 0.1) is 0 Å². The van der Waals surface area contributed by atoms with Crippen LogP contribution < -0.4 is 10.0 Å². The van der Waals surface area contributed by atoms with Crippen molar-refractivity contribution >= 4 is 44.3 Å². The molecule has 1 amide bonds. The van der Waals surface area contributed by atoms with E-state index in [4.69, 9.17) is 11.6 Å². The number of carbonyl (C=O) groups excluding carboxylic acids is 1. The summed E-state index contributed by atoms with van der Waals surface area (Å²) in [7, 11) is -5.41. The van der Waals surface area contributed by atoms with E-state index in [0.29, 0.717) is 16.3 Å². The van der Waals surface area contributed by atoms with Crippen molar-refractivity contribution in [3.05, 3.63) is 95.0 Å². The van der Waals surface area contributed by atoms with Crippen LogP contribution in [-0.2, 0) is 43.3 Å². The summed E-state index contributed by atoms with van der Waals surface area (Å²) in [5.41, 5.74) is 1.48. The average Bonchev–Trinajstić information content (AvgIpc) is 2.84. The van der Waals surface area contributed by atoms with E-state index in [9.17, 15) is 27.3 Å². The number of carbonyl (C=O) groups is 2. The monoisotopic (exact) mass is 548 g/mol. The number of amides is 1. The molecule has 3 aromatic rings. The van der Waals surface area contributed by atoms with Crippen molar-refractivity contribution in [1.29, 1.82) is 0 Å². The second-order valence-electron chi connectivity index (χ2n) is 7.89. The third-order valence-corrected chi connectivity index (χ3v) is 8.20. The van der Waals surface area contributed by atoms with Gasteiger partial charge in [-0.15, -0.1) is 0 Å². The molecule has 2 atom stereocenters. The van der Waals surface area contributed by atoms with Crippen LogP contribution >= 0.6 is 11.6 Å². The molecule has 0 saturated heterocycles. The second kappa shape index (κ2) is 12.8. The van der Waals surface area contributed by atoms with Gasteiger partial charge in [-0.05, 0) is 53.9 Å². The minimum absolute atomic E-state index is 0.0969. The molecule has 0 bridgehead atoms. The van der Waals surface area contributed by atoms with Crippen molar-refractivity contribution in [2.24, 2.45) is 0 Å². The van der Waals surface area contributed by atoms with Crippen molar-refractivity contribution in [3.63, 3.8) is 0 Å². The van der Waals surface area contributed by atoms with Crippen LogP contribution in [0.25, 0.3) is 0 Å². The molecule has 11 heteroatoms. The lowest BCUT2D eigenvalue weighted by Crippen LogP contribution is -2.44. The first kappa shape index (κ1) is 27.5. The maximum Gasteiger partial charge on any atom is 0.326 e. The van der Waals surface area contributed by atoms with Crippen LogP contribution in [0.2, 0.25) is 5.02 Å². The molecule has 0 aromatic heterocycles. The Bertz CT molecular complexity index is 1330. The summed E-state index contributed by atoms with van der Waals surface area (Å²) in [6.45, 7) is 0.112. The maximum absolute atomic E-state index is 12.7. The molecule has 1 unspecified atom stereocenters. The summed E-state index contributed by atoms with van der Waals surface area (Å²) < 4.78 is 40.0. The Labute approximate surface area is 217 Å². The fourth-order valence-electron chi connectivity index (χ4n) is 3.36. The molecule has 3 aromatic carbocycles. The normalized spacial score (nSPS) is 13.0. The van der Waals surface area contributed by atoms with Crippen LogP contribution in [0.1, 0.15) is 11.1 Å². The van der Waals surface area contributed by atoms with Gasteiger partial charge in [0.05, 0.1) is 15.7 Å². The summed E-state index contributed by atoms with van der Waals surface area (Å²) >= 11 is 5.80. The number of hydrogen-bond acceptors (Lipinski definition) is 5. The highest BCUT2D eigenvalue weighted by molar-refractivity contribution is 7.89. The van der Waals surface area contributed by atoms with Crippen LogP contribution in [-0.4, -0.2) is 47.9 Å². The molecule has 3 rings (SSSR count). The Morgan fingerprint density at radius 2 is 1.61 bits per heavy atom. The largest absolute Gasteiger partial charge is 0.480 e. The molecule has 0 heterocycles. The van der Waals surface area contributed by atoms with E-state index >= 15 is 0 Å². The Kier molecular flexibility index (Phi) is 9.77. The van der Waals surface area contributed by atoms with Gasteiger partial charge in [-0.2, -0.15) is 0 Å². The van der Waals surface area contributed by atoms with Crippen molar-refractivity contribution in [2.75, 3.05) is 12.3 Å². The van der Waals surface area contributed by atoms with Gasteiger partial charge in [0.1, 0.15) is 11.8 Å². The second-order valence-corrected chi connectivity index (χ2v) is 11.5. The first-order valence-electron chi connectivity index (χ1n) is 10.9.